The molecule has 0 saturated carbocycles. The van der Waals surface area contributed by atoms with E-state index in [1.165, 1.54) is 35.3 Å². The van der Waals surface area contributed by atoms with Crippen molar-refractivity contribution in [2.24, 2.45) is 5.92 Å². The third kappa shape index (κ3) is 3.50. The van der Waals surface area contributed by atoms with E-state index in [9.17, 15) is 0 Å². The monoisotopic (exact) mass is 260 g/mol. The van der Waals surface area contributed by atoms with Crippen molar-refractivity contribution in [2.45, 2.75) is 46.5 Å². The fourth-order valence-corrected chi connectivity index (χ4v) is 2.81. The van der Waals surface area contributed by atoms with Gasteiger partial charge < -0.3 is 10.6 Å². The van der Waals surface area contributed by atoms with Crippen LogP contribution in [0.15, 0.2) is 12.1 Å². The van der Waals surface area contributed by atoms with Gasteiger partial charge in [0.15, 0.2) is 0 Å². The summed E-state index contributed by atoms with van der Waals surface area (Å²) in [7, 11) is 0. The highest BCUT2D eigenvalue weighted by atomic mass is 14.9. The Morgan fingerprint density at radius 3 is 2.32 bits per heavy atom. The normalized spacial score (nSPS) is 19.7. The van der Waals surface area contributed by atoms with Gasteiger partial charge >= 0.3 is 0 Å². The van der Waals surface area contributed by atoms with Gasteiger partial charge in [-0.2, -0.15) is 0 Å². The molecular formula is C17H28N2. The molecule has 1 heterocycles. The standard InChI is InChI=1S/C17H28N2/c1-12-8-15(17(3,4)5)9-13(2)16(12)19-11-14-6-7-18-10-14/h8-9,14,18-19H,6-7,10-11H2,1-5H3. The van der Waals surface area contributed by atoms with Crippen molar-refractivity contribution in [1.82, 2.24) is 5.32 Å². The molecule has 0 aliphatic carbocycles. The van der Waals surface area contributed by atoms with Gasteiger partial charge in [0.1, 0.15) is 0 Å². The summed E-state index contributed by atoms with van der Waals surface area (Å²) >= 11 is 0. The lowest BCUT2D eigenvalue weighted by Gasteiger charge is -2.23. The minimum atomic E-state index is 0.226. The van der Waals surface area contributed by atoms with Gasteiger partial charge in [-0.15, -0.1) is 0 Å². The minimum Gasteiger partial charge on any atom is -0.384 e. The Balaban J connectivity index is 2.12. The zero-order chi connectivity index (χ0) is 14.0. The molecule has 0 bridgehead atoms. The van der Waals surface area contributed by atoms with Gasteiger partial charge in [-0.25, -0.2) is 0 Å². The first-order chi connectivity index (χ1) is 8.88. The van der Waals surface area contributed by atoms with E-state index in [0.717, 1.165) is 19.0 Å². The quantitative estimate of drug-likeness (QED) is 0.867. The molecule has 1 aliphatic rings. The van der Waals surface area contributed by atoms with Crippen molar-refractivity contribution in [3.63, 3.8) is 0 Å². The molecule has 0 spiro atoms. The van der Waals surface area contributed by atoms with E-state index in [2.05, 4.69) is 57.4 Å². The van der Waals surface area contributed by atoms with Crippen molar-refractivity contribution < 1.29 is 0 Å². The van der Waals surface area contributed by atoms with Crippen LogP contribution in [0.25, 0.3) is 0 Å². The predicted molar refractivity (Wildman–Crippen MR) is 84.1 cm³/mol. The second kappa shape index (κ2) is 5.54. The van der Waals surface area contributed by atoms with Crippen LogP contribution in [0.4, 0.5) is 5.69 Å². The van der Waals surface area contributed by atoms with Gasteiger partial charge in [0, 0.05) is 12.2 Å². The van der Waals surface area contributed by atoms with E-state index < -0.39 is 0 Å². The zero-order valence-corrected chi connectivity index (χ0v) is 13.1. The van der Waals surface area contributed by atoms with Gasteiger partial charge in [0.25, 0.3) is 0 Å². The number of hydrogen-bond acceptors (Lipinski definition) is 2. The first-order valence-electron chi connectivity index (χ1n) is 7.44. The molecule has 2 rings (SSSR count). The maximum absolute atomic E-state index is 3.66. The first-order valence-corrected chi connectivity index (χ1v) is 7.44. The second-order valence-electron chi connectivity index (χ2n) is 6.97. The van der Waals surface area contributed by atoms with E-state index in [-0.39, 0.29) is 5.41 Å². The summed E-state index contributed by atoms with van der Waals surface area (Å²) in [5, 5.41) is 7.09. The Morgan fingerprint density at radius 1 is 1.21 bits per heavy atom. The summed E-state index contributed by atoms with van der Waals surface area (Å²) in [6, 6.07) is 4.67. The topological polar surface area (TPSA) is 24.1 Å². The number of hydrogen-bond donors (Lipinski definition) is 2. The largest absolute Gasteiger partial charge is 0.384 e. The summed E-state index contributed by atoms with van der Waals surface area (Å²) in [6.07, 6.45) is 1.30. The highest BCUT2D eigenvalue weighted by Crippen LogP contribution is 2.29. The lowest BCUT2D eigenvalue weighted by atomic mass is 9.84. The van der Waals surface area contributed by atoms with Crippen LogP contribution >= 0.6 is 0 Å². The highest BCUT2D eigenvalue weighted by molar-refractivity contribution is 5.59. The van der Waals surface area contributed by atoms with Crippen LogP contribution in [0, 0.1) is 19.8 Å². The maximum atomic E-state index is 3.66. The molecule has 2 heteroatoms. The molecule has 1 aromatic rings. The van der Waals surface area contributed by atoms with E-state index >= 15 is 0 Å². The molecule has 2 nitrogen and oxygen atoms in total. The van der Waals surface area contributed by atoms with Crippen LogP contribution in [0.2, 0.25) is 0 Å². The van der Waals surface area contributed by atoms with Gasteiger partial charge in [0.2, 0.25) is 0 Å². The molecule has 19 heavy (non-hydrogen) atoms. The Bertz CT molecular complexity index is 414. The molecule has 0 amide bonds. The van der Waals surface area contributed by atoms with Gasteiger partial charge in [-0.1, -0.05) is 32.9 Å². The Hall–Kier alpha value is -1.02. The van der Waals surface area contributed by atoms with Gasteiger partial charge in [-0.3, -0.25) is 0 Å². The minimum absolute atomic E-state index is 0.226. The van der Waals surface area contributed by atoms with Gasteiger partial charge in [0.05, 0.1) is 0 Å². The van der Waals surface area contributed by atoms with Gasteiger partial charge in [-0.05, 0) is 61.4 Å². The fraction of sp³-hybridized carbons (Fsp3) is 0.647. The van der Waals surface area contributed by atoms with Crippen molar-refractivity contribution in [2.75, 3.05) is 25.0 Å². The Labute approximate surface area is 118 Å². The molecule has 1 saturated heterocycles. The van der Waals surface area contributed by atoms with Crippen LogP contribution in [-0.4, -0.2) is 19.6 Å². The van der Waals surface area contributed by atoms with Crippen LogP contribution in [0.5, 0.6) is 0 Å². The molecule has 1 aliphatic heterocycles. The zero-order valence-electron chi connectivity index (χ0n) is 13.1. The summed E-state index contributed by atoms with van der Waals surface area (Å²) in [4.78, 5) is 0. The predicted octanol–water partition coefficient (Wildman–Crippen LogP) is 3.62. The Morgan fingerprint density at radius 2 is 1.84 bits per heavy atom. The SMILES string of the molecule is Cc1cc(C(C)(C)C)cc(C)c1NCC1CCNC1. The van der Waals surface area contributed by atoms with Crippen molar-refractivity contribution in [1.29, 1.82) is 0 Å². The molecular weight excluding hydrogens is 232 g/mol. The van der Waals surface area contributed by atoms with E-state index in [1.807, 2.05) is 0 Å². The van der Waals surface area contributed by atoms with E-state index in [0.29, 0.717) is 0 Å². The molecule has 0 aromatic heterocycles. The molecule has 1 aromatic carbocycles. The number of benzene rings is 1. The number of nitrogens with one attached hydrogen (secondary N) is 2. The van der Waals surface area contributed by atoms with Crippen molar-refractivity contribution in [3.05, 3.63) is 28.8 Å². The second-order valence-corrected chi connectivity index (χ2v) is 6.97. The average molecular weight is 260 g/mol. The number of anilines is 1. The highest BCUT2D eigenvalue weighted by Gasteiger charge is 2.18. The number of aryl methyl sites for hydroxylation is 2. The maximum Gasteiger partial charge on any atom is 0.0399 e. The van der Waals surface area contributed by atoms with Crippen molar-refractivity contribution in [3.8, 4) is 0 Å². The molecule has 1 unspecified atom stereocenters. The number of rotatable bonds is 3. The molecule has 1 fully saturated rings. The Kier molecular flexibility index (Phi) is 4.19. The molecule has 106 valence electrons. The van der Waals surface area contributed by atoms with Crippen LogP contribution in [-0.2, 0) is 5.41 Å². The summed E-state index contributed by atoms with van der Waals surface area (Å²) in [6.45, 7) is 14.7. The van der Waals surface area contributed by atoms with Crippen LogP contribution < -0.4 is 10.6 Å². The van der Waals surface area contributed by atoms with Crippen LogP contribution in [0.1, 0.15) is 43.9 Å². The molecule has 2 N–H and O–H groups in total. The average Bonchev–Trinajstić information content (AvgIpc) is 2.79. The third-order valence-corrected chi connectivity index (χ3v) is 4.13. The van der Waals surface area contributed by atoms with Crippen molar-refractivity contribution >= 4 is 5.69 Å². The summed E-state index contributed by atoms with van der Waals surface area (Å²) in [5.74, 6) is 0.779. The lowest BCUT2D eigenvalue weighted by Crippen LogP contribution is -2.19. The third-order valence-electron chi connectivity index (χ3n) is 4.13. The smallest absolute Gasteiger partial charge is 0.0399 e. The first kappa shape index (κ1) is 14.4. The summed E-state index contributed by atoms with van der Waals surface area (Å²) < 4.78 is 0. The summed E-state index contributed by atoms with van der Waals surface area (Å²) in [5.41, 5.74) is 5.73. The molecule has 0 radical (unpaired) electrons. The fourth-order valence-electron chi connectivity index (χ4n) is 2.81. The molecule has 1 atom stereocenters. The van der Waals surface area contributed by atoms with E-state index in [4.69, 9.17) is 0 Å². The lowest BCUT2D eigenvalue weighted by molar-refractivity contribution is 0.589. The van der Waals surface area contributed by atoms with E-state index in [1.54, 1.807) is 0 Å². The van der Waals surface area contributed by atoms with Crippen LogP contribution in [0.3, 0.4) is 0 Å².